The Labute approximate surface area is 103 Å². The topological polar surface area (TPSA) is 29.1 Å². The molecular formula is C12H15BrFNO. The van der Waals surface area contributed by atoms with E-state index < -0.39 is 5.82 Å². The van der Waals surface area contributed by atoms with E-state index in [1.807, 2.05) is 20.8 Å². The van der Waals surface area contributed by atoms with Crippen LogP contribution in [0, 0.1) is 5.82 Å². The molecule has 0 bridgehead atoms. The second kappa shape index (κ2) is 4.95. The maximum absolute atomic E-state index is 13.6. The third-order valence-corrected chi connectivity index (χ3v) is 3.14. The summed E-state index contributed by atoms with van der Waals surface area (Å²) in [4.78, 5) is 11.8. The first kappa shape index (κ1) is 13.2. The predicted molar refractivity (Wildman–Crippen MR) is 65.9 cm³/mol. The summed E-state index contributed by atoms with van der Waals surface area (Å²) in [5.74, 6) is -0.905. The Kier molecular flexibility index (Phi) is 4.08. The van der Waals surface area contributed by atoms with Gasteiger partial charge in [-0.2, -0.15) is 0 Å². The Morgan fingerprint density at radius 1 is 1.50 bits per heavy atom. The number of amides is 1. The van der Waals surface area contributed by atoms with Crippen LogP contribution in [-0.4, -0.2) is 11.4 Å². The molecule has 4 heteroatoms. The highest BCUT2D eigenvalue weighted by Gasteiger charge is 2.21. The minimum absolute atomic E-state index is 0.0656. The Morgan fingerprint density at radius 2 is 2.12 bits per heavy atom. The molecule has 1 aromatic carbocycles. The average Bonchev–Trinajstić information content (AvgIpc) is 2.21. The molecule has 1 N–H and O–H groups in total. The Hall–Kier alpha value is -0.900. The normalized spacial score (nSPS) is 11.3. The van der Waals surface area contributed by atoms with Crippen molar-refractivity contribution in [1.82, 2.24) is 5.32 Å². The van der Waals surface area contributed by atoms with Crippen LogP contribution >= 0.6 is 15.9 Å². The number of hydrogen-bond donors (Lipinski definition) is 1. The number of halogens is 2. The first-order valence-corrected chi connectivity index (χ1v) is 5.93. The molecule has 0 unspecified atom stereocenters. The fourth-order valence-electron chi connectivity index (χ4n) is 1.14. The van der Waals surface area contributed by atoms with Crippen LogP contribution in [0.25, 0.3) is 0 Å². The zero-order chi connectivity index (χ0) is 12.3. The maximum Gasteiger partial charge on any atom is 0.254 e. The van der Waals surface area contributed by atoms with Gasteiger partial charge in [0.2, 0.25) is 0 Å². The van der Waals surface area contributed by atoms with Crippen molar-refractivity contribution < 1.29 is 9.18 Å². The summed E-state index contributed by atoms with van der Waals surface area (Å²) in [7, 11) is 0. The van der Waals surface area contributed by atoms with Crippen molar-refractivity contribution in [2.24, 2.45) is 0 Å². The van der Waals surface area contributed by atoms with E-state index in [0.717, 1.165) is 6.42 Å². The number of carbonyl (C=O) groups excluding carboxylic acids is 1. The Balaban J connectivity index is 2.94. The van der Waals surface area contributed by atoms with Gasteiger partial charge in [-0.25, -0.2) is 4.39 Å². The van der Waals surface area contributed by atoms with Crippen molar-refractivity contribution in [2.75, 3.05) is 0 Å². The minimum atomic E-state index is -0.521. The van der Waals surface area contributed by atoms with E-state index in [-0.39, 0.29) is 17.0 Å². The smallest absolute Gasteiger partial charge is 0.254 e. The van der Waals surface area contributed by atoms with E-state index in [4.69, 9.17) is 0 Å². The quantitative estimate of drug-likeness (QED) is 0.906. The molecular weight excluding hydrogens is 273 g/mol. The lowest BCUT2D eigenvalue weighted by atomic mass is 10.0. The highest BCUT2D eigenvalue weighted by atomic mass is 79.9. The minimum Gasteiger partial charge on any atom is -0.347 e. The lowest BCUT2D eigenvalue weighted by Crippen LogP contribution is -2.43. The van der Waals surface area contributed by atoms with Crippen molar-refractivity contribution in [2.45, 2.75) is 32.7 Å². The first-order valence-electron chi connectivity index (χ1n) is 5.14. The van der Waals surface area contributed by atoms with Crippen LogP contribution in [0.4, 0.5) is 4.39 Å². The molecule has 1 amide bonds. The van der Waals surface area contributed by atoms with Crippen LogP contribution in [0.15, 0.2) is 22.7 Å². The van der Waals surface area contributed by atoms with E-state index in [0.29, 0.717) is 4.47 Å². The van der Waals surface area contributed by atoms with Gasteiger partial charge in [0.15, 0.2) is 0 Å². The fraction of sp³-hybridized carbons (Fsp3) is 0.417. The molecule has 1 rings (SSSR count). The number of rotatable bonds is 3. The zero-order valence-corrected chi connectivity index (χ0v) is 11.2. The molecule has 0 spiro atoms. The molecule has 2 nitrogen and oxygen atoms in total. The third-order valence-electron chi connectivity index (χ3n) is 2.53. The summed E-state index contributed by atoms with van der Waals surface area (Å²) in [6, 6.07) is 4.68. The molecule has 88 valence electrons. The molecule has 0 saturated heterocycles. The number of carbonyl (C=O) groups is 1. The molecule has 1 aromatic rings. The second-order valence-electron chi connectivity index (χ2n) is 4.29. The van der Waals surface area contributed by atoms with Gasteiger partial charge in [0, 0.05) is 5.54 Å². The first-order chi connectivity index (χ1) is 7.37. The zero-order valence-electron chi connectivity index (χ0n) is 9.60. The Bertz CT molecular complexity index is 404. The highest BCUT2D eigenvalue weighted by Crippen LogP contribution is 2.19. The SMILES string of the molecule is CCC(C)(C)NC(=O)c1cccc(Br)c1F. The standard InChI is InChI=1S/C12H15BrFNO/c1-4-12(2,3)15-11(16)8-6-5-7-9(13)10(8)14/h5-7H,4H2,1-3H3,(H,15,16). The number of nitrogens with one attached hydrogen (secondary N) is 1. The van der Waals surface area contributed by atoms with E-state index >= 15 is 0 Å². The molecule has 0 heterocycles. The van der Waals surface area contributed by atoms with Crippen LogP contribution in [-0.2, 0) is 0 Å². The van der Waals surface area contributed by atoms with Crippen molar-refractivity contribution in [1.29, 1.82) is 0 Å². The van der Waals surface area contributed by atoms with Crippen molar-refractivity contribution in [3.63, 3.8) is 0 Å². The van der Waals surface area contributed by atoms with Crippen molar-refractivity contribution in [3.05, 3.63) is 34.1 Å². The van der Waals surface area contributed by atoms with E-state index in [9.17, 15) is 9.18 Å². The van der Waals surface area contributed by atoms with Crippen LogP contribution in [0.1, 0.15) is 37.6 Å². The largest absolute Gasteiger partial charge is 0.347 e. The van der Waals surface area contributed by atoms with Gasteiger partial charge in [0.25, 0.3) is 5.91 Å². The summed E-state index contributed by atoms with van der Waals surface area (Å²) in [6.45, 7) is 5.78. The van der Waals surface area contributed by atoms with E-state index in [1.54, 1.807) is 12.1 Å². The van der Waals surface area contributed by atoms with Gasteiger partial charge in [-0.15, -0.1) is 0 Å². The summed E-state index contributed by atoms with van der Waals surface area (Å²) in [6.07, 6.45) is 0.786. The maximum atomic E-state index is 13.6. The lowest BCUT2D eigenvalue weighted by molar-refractivity contribution is 0.0907. The molecule has 0 atom stereocenters. The van der Waals surface area contributed by atoms with Gasteiger partial charge >= 0.3 is 0 Å². The molecule has 0 radical (unpaired) electrons. The van der Waals surface area contributed by atoms with Gasteiger partial charge in [0.1, 0.15) is 5.82 Å². The lowest BCUT2D eigenvalue weighted by Gasteiger charge is -2.24. The number of benzene rings is 1. The van der Waals surface area contributed by atoms with Crippen molar-refractivity contribution in [3.8, 4) is 0 Å². The highest BCUT2D eigenvalue weighted by molar-refractivity contribution is 9.10. The van der Waals surface area contributed by atoms with E-state index in [2.05, 4.69) is 21.2 Å². The molecule has 0 aliphatic heterocycles. The van der Waals surface area contributed by atoms with Gasteiger partial charge in [-0.05, 0) is 48.3 Å². The monoisotopic (exact) mass is 287 g/mol. The number of hydrogen-bond acceptors (Lipinski definition) is 1. The summed E-state index contributed by atoms with van der Waals surface area (Å²) in [5.41, 5.74) is -0.262. The predicted octanol–water partition coefficient (Wildman–Crippen LogP) is 3.51. The van der Waals surface area contributed by atoms with Gasteiger partial charge in [0.05, 0.1) is 10.0 Å². The molecule has 0 aliphatic rings. The molecule has 16 heavy (non-hydrogen) atoms. The van der Waals surface area contributed by atoms with Crippen LogP contribution < -0.4 is 5.32 Å². The molecule has 0 aromatic heterocycles. The van der Waals surface area contributed by atoms with Crippen molar-refractivity contribution >= 4 is 21.8 Å². The average molecular weight is 288 g/mol. The van der Waals surface area contributed by atoms with Crippen LogP contribution in [0.3, 0.4) is 0 Å². The van der Waals surface area contributed by atoms with Gasteiger partial charge in [-0.3, -0.25) is 4.79 Å². The van der Waals surface area contributed by atoms with Gasteiger partial charge in [-0.1, -0.05) is 13.0 Å². The summed E-state index contributed by atoms with van der Waals surface area (Å²) < 4.78 is 13.9. The summed E-state index contributed by atoms with van der Waals surface area (Å²) >= 11 is 3.06. The third kappa shape index (κ3) is 3.04. The summed E-state index contributed by atoms with van der Waals surface area (Å²) in [5, 5.41) is 2.79. The second-order valence-corrected chi connectivity index (χ2v) is 5.15. The van der Waals surface area contributed by atoms with Crippen LogP contribution in [0.5, 0.6) is 0 Å². The fourth-order valence-corrected chi connectivity index (χ4v) is 1.51. The van der Waals surface area contributed by atoms with Gasteiger partial charge < -0.3 is 5.32 Å². The van der Waals surface area contributed by atoms with Crippen LogP contribution in [0.2, 0.25) is 0 Å². The Morgan fingerprint density at radius 3 is 2.69 bits per heavy atom. The molecule has 0 fully saturated rings. The molecule has 0 aliphatic carbocycles. The molecule has 0 saturated carbocycles. The van der Waals surface area contributed by atoms with E-state index in [1.165, 1.54) is 6.07 Å².